The molecule has 2 atom stereocenters. The number of carbonyl (C=O) groups is 3. The normalized spacial score (nSPS) is 18.7. The number of hydrogen-bond acceptors (Lipinski definition) is 9. The van der Waals surface area contributed by atoms with E-state index < -0.39 is 24.0 Å². The van der Waals surface area contributed by atoms with Gasteiger partial charge in [0, 0.05) is 42.1 Å². The van der Waals surface area contributed by atoms with Crippen LogP contribution in [0.1, 0.15) is 21.5 Å². The molecule has 3 amide bonds. The Morgan fingerprint density at radius 1 is 1.11 bits per heavy atom. The van der Waals surface area contributed by atoms with E-state index in [1.165, 1.54) is 4.90 Å². The zero-order valence-electron chi connectivity index (χ0n) is 20.9. The van der Waals surface area contributed by atoms with Gasteiger partial charge in [-0.2, -0.15) is 11.4 Å². The van der Waals surface area contributed by atoms with Crippen molar-refractivity contribution in [2.45, 2.75) is 19.1 Å². The maximum Gasteiger partial charge on any atom is 0.258 e. The van der Waals surface area contributed by atoms with Gasteiger partial charge in [-0.25, -0.2) is 4.94 Å². The number of amides is 3. The minimum absolute atomic E-state index is 0.105. The summed E-state index contributed by atoms with van der Waals surface area (Å²) in [6.07, 6.45) is -1.26. The number of amidine groups is 1. The summed E-state index contributed by atoms with van der Waals surface area (Å²) in [5, 5.41) is 10.2. The Hall–Kier alpha value is -3.88. The number of aryl methyl sites for hydroxylation is 1. The van der Waals surface area contributed by atoms with Gasteiger partial charge in [0.1, 0.15) is 11.9 Å². The number of ether oxygens (including phenoxy) is 2. The molecular formula is C25H31N7O6. The van der Waals surface area contributed by atoms with Gasteiger partial charge in [0.2, 0.25) is 5.91 Å². The molecule has 7 N–H and O–H groups in total. The second-order valence-electron chi connectivity index (χ2n) is 8.88. The van der Waals surface area contributed by atoms with E-state index in [9.17, 15) is 14.4 Å². The van der Waals surface area contributed by atoms with Crippen molar-refractivity contribution in [2.24, 2.45) is 11.6 Å². The van der Waals surface area contributed by atoms with Crippen molar-refractivity contribution in [2.75, 3.05) is 49.7 Å². The maximum atomic E-state index is 13.5. The number of rotatable bonds is 8. The van der Waals surface area contributed by atoms with Crippen LogP contribution in [0.25, 0.3) is 0 Å². The molecule has 0 radical (unpaired) electrons. The lowest BCUT2D eigenvalue weighted by atomic mass is 10.0. The predicted molar refractivity (Wildman–Crippen MR) is 138 cm³/mol. The fourth-order valence-corrected chi connectivity index (χ4v) is 4.33. The number of hydroxylamine groups is 1. The van der Waals surface area contributed by atoms with Gasteiger partial charge in [-0.05, 0) is 48.9 Å². The summed E-state index contributed by atoms with van der Waals surface area (Å²) in [6, 6.07) is 10.2. The van der Waals surface area contributed by atoms with E-state index >= 15 is 0 Å². The number of nitrogens with one attached hydrogen (secondary N) is 3. The molecule has 2 saturated heterocycles. The SMILES string of the molecule is Cc1ccc(N2CCO[C@H]([C@@H](NON)C(=O)Nc3ccc(C(=N)N)cc3)C2=O)cc1C(=O)N1CCOCC1. The van der Waals surface area contributed by atoms with E-state index in [4.69, 9.17) is 26.5 Å². The molecule has 2 aliphatic rings. The Bertz CT molecular complexity index is 1200. The summed E-state index contributed by atoms with van der Waals surface area (Å²) < 4.78 is 11.0. The molecule has 0 unspecified atom stereocenters. The molecule has 0 bridgehead atoms. The van der Waals surface area contributed by atoms with Gasteiger partial charge in [-0.1, -0.05) is 6.07 Å². The highest BCUT2D eigenvalue weighted by molar-refractivity contribution is 6.05. The summed E-state index contributed by atoms with van der Waals surface area (Å²) in [5.74, 6) is 3.83. The average molecular weight is 526 g/mol. The molecule has 2 aromatic rings. The van der Waals surface area contributed by atoms with Crippen LogP contribution in [-0.4, -0.2) is 80.1 Å². The zero-order valence-corrected chi connectivity index (χ0v) is 20.9. The number of anilines is 2. The molecule has 4 rings (SSSR count). The highest BCUT2D eigenvalue weighted by Gasteiger charge is 2.41. The van der Waals surface area contributed by atoms with Crippen molar-refractivity contribution in [3.05, 3.63) is 59.2 Å². The Balaban J connectivity index is 1.52. The third-order valence-electron chi connectivity index (χ3n) is 6.43. The molecule has 0 aromatic heterocycles. The topological polar surface area (TPSA) is 185 Å². The third kappa shape index (κ3) is 5.98. The largest absolute Gasteiger partial charge is 0.384 e. The minimum atomic E-state index is -1.29. The molecule has 13 heteroatoms. The van der Waals surface area contributed by atoms with Gasteiger partial charge in [0.05, 0.1) is 19.8 Å². The third-order valence-corrected chi connectivity index (χ3v) is 6.43. The molecule has 0 spiro atoms. The van der Waals surface area contributed by atoms with Crippen LogP contribution in [0.3, 0.4) is 0 Å². The number of hydrogen-bond donors (Lipinski definition) is 5. The molecule has 38 heavy (non-hydrogen) atoms. The fraction of sp³-hybridized carbons (Fsp3) is 0.360. The van der Waals surface area contributed by atoms with E-state index in [1.54, 1.807) is 47.4 Å². The lowest BCUT2D eigenvalue weighted by Gasteiger charge is -2.36. The number of nitrogens with zero attached hydrogens (tertiary/aromatic N) is 2. The van der Waals surface area contributed by atoms with Crippen molar-refractivity contribution < 1.29 is 28.8 Å². The van der Waals surface area contributed by atoms with E-state index in [0.717, 1.165) is 5.56 Å². The summed E-state index contributed by atoms with van der Waals surface area (Å²) >= 11 is 0. The van der Waals surface area contributed by atoms with Crippen molar-refractivity contribution in [3.63, 3.8) is 0 Å². The van der Waals surface area contributed by atoms with Crippen molar-refractivity contribution in [3.8, 4) is 0 Å². The monoisotopic (exact) mass is 525 g/mol. The first-order valence-corrected chi connectivity index (χ1v) is 12.1. The molecule has 13 nitrogen and oxygen atoms in total. The van der Waals surface area contributed by atoms with Gasteiger partial charge in [-0.15, -0.1) is 0 Å². The van der Waals surface area contributed by atoms with Crippen LogP contribution in [0.4, 0.5) is 11.4 Å². The molecule has 202 valence electrons. The number of benzene rings is 2. The van der Waals surface area contributed by atoms with E-state index in [2.05, 4.69) is 15.7 Å². The zero-order chi connectivity index (χ0) is 27.2. The number of nitrogen functional groups attached to an aromatic ring is 1. The Morgan fingerprint density at radius 2 is 1.82 bits per heavy atom. The number of nitrogens with two attached hydrogens (primary N) is 2. The lowest BCUT2D eigenvalue weighted by molar-refractivity contribution is -0.147. The standard InChI is InChI=1S/C25H31N7O6/c1-15-2-7-18(14-19(15)24(34)31-8-11-36-12-9-31)32-10-13-37-21(25(32)35)20(30-38-28)23(33)29-17-5-3-16(4-6-17)22(26)27/h2-7,14,20-21,30H,8-13,28H2,1H3,(H3,26,27)(H,29,33)/t20-,21-/m1/s1. The highest BCUT2D eigenvalue weighted by Crippen LogP contribution is 2.25. The molecule has 2 aliphatic heterocycles. The summed E-state index contributed by atoms with van der Waals surface area (Å²) in [7, 11) is 0. The molecule has 2 heterocycles. The van der Waals surface area contributed by atoms with E-state index in [1.807, 2.05) is 6.92 Å². The molecular weight excluding hydrogens is 494 g/mol. The van der Waals surface area contributed by atoms with Crippen molar-refractivity contribution >= 4 is 34.9 Å². The first kappa shape index (κ1) is 27.2. The Labute approximate surface area is 219 Å². The number of morpholine rings is 2. The Kier molecular flexibility index (Phi) is 8.66. The van der Waals surface area contributed by atoms with Crippen LogP contribution in [-0.2, 0) is 24.0 Å². The summed E-state index contributed by atoms with van der Waals surface area (Å²) in [5.41, 5.74) is 10.5. The van der Waals surface area contributed by atoms with Crippen molar-refractivity contribution in [1.29, 1.82) is 5.41 Å². The van der Waals surface area contributed by atoms with Gasteiger partial charge < -0.3 is 30.3 Å². The quantitative estimate of drug-likeness (QED) is 0.178. The maximum absolute atomic E-state index is 13.5. The first-order valence-electron chi connectivity index (χ1n) is 12.1. The average Bonchev–Trinajstić information content (AvgIpc) is 2.93. The van der Waals surface area contributed by atoms with Gasteiger partial charge in [-0.3, -0.25) is 19.8 Å². The molecule has 0 aliphatic carbocycles. The predicted octanol–water partition coefficient (Wildman–Crippen LogP) is -0.115. The fourth-order valence-electron chi connectivity index (χ4n) is 4.33. The van der Waals surface area contributed by atoms with Crippen LogP contribution >= 0.6 is 0 Å². The molecule has 2 fully saturated rings. The van der Waals surface area contributed by atoms with Crippen LogP contribution < -0.4 is 27.3 Å². The smallest absolute Gasteiger partial charge is 0.258 e. The van der Waals surface area contributed by atoms with Gasteiger partial charge in [0.15, 0.2) is 6.10 Å². The van der Waals surface area contributed by atoms with Gasteiger partial charge >= 0.3 is 0 Å². The van der Waals surface area contributed by atoms with Crippen molar-refractivity contribution in [1.82, 2.24) is 10.4 Å². The van der Waals surface area contributed by atoms with E-state index in [0.29, 0.717) is 48.8 Å². The second kappa shape index (κ2) is 12.1. The lowest BCUT2D eigenvalue weighted by Crippen LogP contribution is -2.60. The van der Waals surface area contributed by atoms with Crippen LogP contribution in [0, 0.1) is 12.3 Å². The summed E-state index contributed by atoms with van der Waals surface area (Å²) in [4.78, 5) is 47.5. The molecule has 2 aromatic carbocycles. The van der Waals surface area contributed by atoms with Crippen LogP contribution in [0.15, 0.2) is 42.5 Å². The van der Waals surface area contributed by atoms with E-state index in [-0.39, 0.29) is 24.9 Å². The molecule has 0 saturated carbocycles. The minimum Gasteiger partial charge on any atom is -0.384 e. The highest BCUT2D eigenvalue weighted by atomic mass is 16.8. The van der Waals surface area contributed by atoms with Crippen LogP contribution in [0.5, 0.6) is 0 Å². The Morgan fingerprint density at radius 3 is 2.47 bits per heavy atom. The van der Waals surface area contributed by atoms with Crippen LogP contribution in [0.2, 0.25) is 0 Å². The van der Waals surface area contributed by atoms with Gasteiger partial charge in [0.25, 0.3) is 11.8 Å². The number of carbonyl (C=O) groups excluding carboxylic acids is 3. The summed E-state index contributed by atoms with van der Waals surface area (Å²) in [6.45, 7) is 4.17. The second-order valence-corrected chi connectivity index (χ2v) is 8.88. The first-order chi connectivity index (χ1) is 18.3.